The fourth-order valence-corrected chi connectivity index (χ4v) is 4.64. The van der Waals surface area contributed by atoms with Crippen molar-refractivity contribution in [1.82, 2.24) is 5.32 Å². The van der Waals surface area contributed by atoms with Gasteiger partial charge in [-0.05, 0) is 6.42 Å². The number of quaternary nitrogens is 1. The van der Waals surface area contributed by atoms with Crippen LogP contribution in [0.25, 0.3) is 0 Å². The summed E-state index contributed by atoms with van der Waals surface area (Å²) in [6.45, 7) is 5.20. The summed E-state index contributed by atoms with van der Waals surface area (Å²) in [5, 5.41) is 3.12. The molecule has 0 unspecified atom stereocenters. The molecule has 3 nitrogen and oxygen atoms in total. The first-order chi connectivity index (χ1) is 16.0. The summed E-state index contributed by atoms with van der Waals surface area (Å²) in [6, 6.07) is 10.7. The second-order valence-electron chi connectivity index (χ2n) is 10.7. The number of benzene rings is 1. The van der Waals surface area contributed by atoms with E-state index in [0.717, 1.165) is 37.0 Å². The maximum atomic E-state index is 12.1. The Labute approximate surface area is 206 Å². The number of nitrogens with one attached hydrogen (secondary N) is 1. The molecule has 1 amide bonds. The van der Waals surface area contributed by atoms with Crippen molar-refractivity contribution in [3.05, 3.63) is 35.9 Å². The molecular formula is C30H55N2O+. The van der Waals surface area contributed by atoms with Crippen LogP contribution in [0.5, 0.6) is 0 Å². The molecule has 0 heterocycles. The number of hydrogen-bond acceptors (Lipinski definition) is 1. The van der Waals surface area contributed by atoms with Crippen molar-refractivity contribution in [3.63, 3.8) is 0 Å². The topological polar surface area (TPSA) is 29.1 Å². The molecule has 0 aliphatic rings. The number of carbonyl (C=O) groups excluding carboxylic acids is 1. The number of rotatable bonds is 22. The molecule has 1 aromatic carbocycles. The van der Waals surface area contributed by atoms with Crippen LogP contribution in [0.3, 0.4) is 0 Å². The fourth-order valence-electron chi connectivity index (χ4n) is 4.64. The third kappa shape index (κ3) is 18.7. The summed E-state index contributed by atoms with van der Waals surface area (Å²) in [5.41, 5.74) is 1.37. The van der Waals surface area contributed by atoms with Gasteiger partial charge in [-0.2, -0.15) is 0 Å². The van der Waals surface area contributed by atoms with Crippen LogP contribution in [0.4, 0.5) is 0 Å². The summed E-state index contributed by atoms with van der Waals surface area (Å²) >= 11 is 0. The van der Waals surface area contributed by atoms with Crippen molar-refractivity contribution < 1.29 is 9.28 Å². The van der Waals surface area contributed by atoms with Crippen LogP contribution in [0.1, 0.15) is 122 Å². The molecule has 1 rings (SSSR count). The molecule has 0 atom stereocenters. The van der Waals surface area contributed by atoms with Gasteiger partial charge in [-0.1, -0.05) is 127 Å². The van der Waals surface area contributed by atoms with Gasteiger partial charge in [0.05, 0.1) is 20.6 Å². The zero-order valence-corrected chi connectivity index (χ0v) is 22.4. The molecule has 1 aromatic rings. The van der Waals surface area contributed by atoms with Gasteiger partial charge in [-0.3, -0.25) is 4.79 Å². The van der Waals surface area contributed by atoms with E-state index in [1.165, 1.54) is 95.5 Å². The lowest BCUT2D eigenvalue weighted by molar-refractivity contribution is -0.903. The minimum absolute atomic E-state index is 0.234. The summed E-state index contributed by atoms with van der Waals surface area (Å²) < 4.78 is 0.957. The third-order valence-electron chi connectivity index (χ3n) is 6.72. The molecule has 0 radical (unpaired) electrons. The van der Waals surface area contributed by atoms with Gasteiger partial charge in [0.25, 0.3) is 0 Å². The average Bonchev–Trinajstić information content (AvgIpc) is 2.79. The van der Waals surface area contributed by atoms with Gasteiger partial charge in [-0.25, -0.2) is 0 Å². The predicted molar refractivity (Wildman–Crippen MR) is 144 cm³/mol. The van der Waals surface area contributed by atoms with E-state index in [1.54, 1.807) is 0 Å². The van der Waals surface area contributed by atoms with Crippen molar-refractivity contribution in [2.75, 3.05) is 27.2 Å². The fraction of sp³-hybridized carbons (Fsp3) is 0.767. The van der Waals surface area contributed by atoms with Crippen LogP contribution in [0, 0.1) is 0 Å². The highest BCUT2D eigenvalue weighted by Gasteiger charge is 2.15. The molecule has 0 aliphatic heterocycles. The van der Waals surface area contributed by atoms with E-state index in [9.17, 15) is 4.79 Å². The summed E-state index contributed by atoms with van der Waals surface area (Å²) in [7, 11) is 4.54. The average molecular weight is 460 g/mol. The zero-order valence-electron chi connectivity index (χ0n) is 22.4. The normalized spacial score (nSPS) is 11.6. The number of carbonyl (C=O) groups is 1. The molecule has 0 bridgehead atoms. The molecule has 3 heteroatoms. The lowest BCUT2D eigenvalue weighted by Gasteiger charge is -2.30. The standard InChI is InChI=1S/C30H54N2O/c1-4-5-6-7-8-9-10-11-12-13-14-15-16-17-21-25-30(33)31-26-22-27-32(2,3)28-29-23-19-18-20-24-29/h18-20,23-24H,4-17,21-22,25-28H2,1-3H3/p+1. The largest absolute Gasteiger partial charge is 0.356 e. The molecule has 0 saturated heterocycles. The van der Waals surface area contributed by atoms with Crippen molar-refractivity contribution in [2.45, 2.75) is 123 Å². The molecule has 0 aromatic heterocycles. The maximum absolute atomic E-state index is 12.1. The smallest absolute Gasteiger partial charge is 0.219 e. The molecule has 0 saturated carbocycles. The Kier molecular flexibility index (Phi) is 18.0. The Morgan fingerprint density at radius 3 is 1.70 bits per heavy atom. The van der Waals surface area contributed by atoms with Crippen molar-refractivity contribution in [3.8, 4) is 0 Å². The van der Waals surface area contributed by atoms with Gasteiger partial charge in [0, 0.05) is 24.9 Å². The first-order valence-electron chi connectivity index (χ1n) is 14.2. The van der Waals surface area contributed by atoms with E-state index in [-0.39, 0.29) is 5.91 Å². The minimum atomic E-state index is 0.234. The Bertz CT molecular complexity index is 570. The molecule has 1 N–H and O–H groups in total. The monoisotopic (exact) mass is 459 g/mol. The van der Waals surface area contributed by atoms with Crippen LogP contribution in [-0.4, -0.2) is 37.6 Å². The van der Waals surface area contributed by atoms with E-state index in [0.29, 0.717) is 6.42 Å². The molecule has 33 heavy (non-hydrogen) atoms. The number of unbranched alkanes of at least 4 members (excludes halogenated alkanes) is 14. The highest BCUT2D eigenvalue weighted by molar-refractivity contribution is 5.75. The second-order valence-corrected chi connectivity index (χ2v) is 10.7. The van der Waals surface area contributed by atoms with Crippen LogP contribution in [-0.2, 0) is 11.3 Å². The Balaban J connectivity index is 1.85. The van der Waals surface area contributed by atoms with E-state index in [4.69, 9.17) is 0 Å². The maximum Gasteiger partial charge on any atom is 0.219 e. The van der Waals surface area contributed by atoms with Gasteiger partial charge in [-0.15, -0.1) is 0 Å². The van der Waals surface area contributed by atoms with Crippen LogP contribution in [0.15, 0.2) is 30.3 Å². The van der Waals surface area contributed by atoms with E-state index in [2.05, 4.69) is 56.7 Å². The Morgan fingerprint density at radius 2 is 1.18 bits per heavy atom. The van der Waals surface area contributed by atoms with Crippen LogP contribution in [0.2, 0.25) is 0 Å². The van der Waals surface area contributed by atoms with E-state index in [1.807, 2.05) is 0 Å². The first-order valence-corrected chi connectivity index (χ1v) is 14.2. The van der Waals surface area contributed by atoms with Gasteiger partial charge < -0.3 is 9.80 Å². The highest BCUT2D eigenvalue weighted by atomic mass is 16.1. The van der Waals surface area contributed by atoms with Gasteiger partial charge in [0.15, 0.2) is 0 Å². The lowest BCUT2D eigenvalue weighted by Crippen LogP contribution is -2.41. The van der Waals surface area contributed by atoms with Gasteiger partial charge in [0.2, 0.25) is 5.91 Å². The van der Waals surface area contributed by atoms with Crippen molar-refractivity contribution in [2.24, 2.45) is 0 Å². The van der Waals surface area contributed by atoms with Gasteiger partial charge in [0.1, 0.15) is 6.54 Å². The van der Waals surface area contributed by atoms with Crippen molar-refractivity contribution in [1.29, 1.82) is 0 Å². The van der Waals surface area contributed by atoms with E-state index >= 15 is 0 Å². The quantitative estimate of drug-likeness (QED) is 0.138. The summed E-state index contributed by atoms with van der Waals surface area (Å²) in [4.78, 5) is 12.1. The number of hydrogen-bond donors (Lipinski definition) is 1. The molecule has 0 spiro atoms. The molecule has 190 valence electrons. The van der Waals surface area contributed by atoms with Gasteiger partial charge >= 0.3 is 0 Å². The Morgan fingerprint density at radius 1 is 0.697 bits per heavy atom. The predicted octanol–water partition coefficient (Wildman–Crippen LogP) is 8.03. The number of amides is 1. The molecule has 0 fully saturated rings. The molecular weight excluding hydrogens is 404 g/mol. The van der Waals surface area contributed by atoms with Crippen LogP contribution < -0.4 is 5.32 Å². The summed E-state index contributed by atoms with van der Waals surface area (Å²) in [5.74, 6) is 0.234. The third-order valence-corrected chi connectivity index (χ3v) is 6.72. The highest BCUT2D eigenvalue weighted by Crippen LogP contribution is 2.14. The van der Waals surface area contributed by atoms with E-state index < -0.39 is 0 Å². The summed E-state index contributed by atoms with van der Waals surface area (Å²) in [6.07, 6.45) is 22.2. The zero-order chi connectivity index (χ0) is 24.0. The molecule has 0 aliphatic carbocycles. The second kappa shape index (κ2) is 20.1. The minimum Gasteiger partial charge on any atom is -0.356 e. The first kappa shape index (κ1) is 29.7. The van der Waals surface area contributed by atoms with Crippen molar-refractivity contribution >= 4 is 5.91 Å². The lowest BCUT2D eigenvalue weighted by atomic mass is 10.0. The SMILES string of the molecule is CCCCCCCCCCCCCCCCCC(=O)NCCC[N+](C)(C)Cc1ccccc1. The Hall–Kier alpha value is -1.35. The number of nitrogens with zero attached hydrogens (tertiary/aromatic N) is 1. The van der Waals surface area contributed by atoms with Crippen LogP contribution >= 0.6 is 0 Å².